The van der Waals surface area contributed by atoms with Crippen LogP contribution >= 0.6 is 0 Å². The first kappa shape index (κ1) is 15.2. The molecule has 1 fully saturated rings. The monoisotopic (exact) mass is 277 g/mol. The maximum absolute atomic E-state index is 9.67. The molecule has 0 aliphatic heterocycles. The van der Waals surface area contributed by atoms with Crippen LogP contribution < -0.4 is 10.1 Å². The summed E-state index contributed by atoms with van der Waals surface area (Å²) in [4.78, 5) is 0. The average molecular weight is 277 g/mol. The second kappa shape index (κ2) is 7.53. The molecule has 0 aromatic heterocycles. The fourth-order valence-corrected chi connectivity index (χ4v) is 2.89. The van der Waals surface area contributed by atoms with Gasteiger partial charge in [-0.2, -0.15) is 0 Å². The highest BCUT2D eigenvalue weighted by atomic mass is 16.5. The molecule has 0 bridgehead atoms. The molecule has 0 spiro atoms. The molecule has 0 radical (unpaired) electrons. The summed E-state index contributed by atoms with van der Waals surface area (Å²) in [6, 6.07) is 5.59. The molecule has 112 valence electrons. The summed E-state index contributed by atoms with van der Waals surface area (Å²) in [6.45, 7) is 6.79. The number of rotatable bonds is 6. The smallest absolute Gasteiger partial charge is 0.161 e. The lowest BCUT2D eigenvalue weighted by molar-refractivity contribution is 0.281. The molecule has 0 amide bonds. The lowest BCUT2D eigenvalue weighted by Gasteiger charge is -2.26. The molecule has 0 heterocycles. The van der Waals surface area contributed by atoms with E-state index in [0.717, 1.165) is 30.5 Å². The highest BCUT2D eigenvalue weighted by Gasteiger charge is 2.17. The van der Waals surface area contributed by atoms with E-state index in [0.29, 0.717) is 12.4 Å². The number of ether oxygens (including phenoxy) is 1. The number of benzene rings is 1. The number of hydrogen-bond donors (Lipinski definition) is 2. The predicted octanol–water partition coefficient (Wildman–Crippen LogP) is 3.71. The Hall–Kier alpha value is -1.22. The summed E-state index contributed by atoms with van der Waals surface area (Å²) in [5, 5.41) is 13.2. The van der Waals surface area contributed by atoms with Gasteiger partial charge in [-0.15, -0.1) is 0 Å². The van der Waals surface area contributed by atoms with Crippen LogP contribution in [-0.4, -0.2) is 18.3 Å². The summed E-state index contributed by atoms with van der Waals surface area (Å²) in [6.07, 6.45) is 5.46. The van der Waals surface area contributed by atoms with Crippen LogP contribution in [0.25, 0.3) is 0 Å². The topological polar surface area (TPSA) is 41.5 Å². The second-order valence-electron chi connectivity index (χ2n) is 5.99. The van der Waals surface area contributed by atoms with Gasteiger partial charge in [0.25, 0.3) is 0 Å². The largest absolute Gasteiger partial charge is 0.504 e. The first-order chi connectivity index (χ1) is 9.69. The second-order valence-corrected chi connectivity index (χ2v) is 5.99. The van der Waals surface area contributed by atoms with E-state index in [1.54, 1.807) is 6.07 Å². The highest BCUT2D eigenvalue weighted by Crippen LogP contribution is 2.28. The van der Waals surface area contributed by atoms with E-state index in [1.165, 1.54) is 25.7 Å². The van der Waals surface area contributed by atoms with Gasteiger partial charge in [0.2, 0.25) is 0 Å². The molecule has 3 heteroatoms. The number of hydrogen-bond acceptors (Lipinski definition) is 3. The lowest BCUT2D eigenvalue weighted by Crippen LogP contribution is -2.25. The minimum atomic E-state index is 0.219. The van der Waals surface area contributed by atoms with Crippen molar-refractivity contribution in [3.63, 3.8) is 0 Å². The zero-order valence-electron chi connectivity index (χ0n) is 12.7. The molecule has 1 aromatic carbocycles. The van der Waals surface area contributed by atoms with Crippen LogP contribution in [-0.2, 0) is 6.54 Å². The molecule has 2 rings (SSSR count). The third-order valence-corrected chi connectivity index (χ3v) is 4.22. The molecule has 1 aliphatic carbocycles. The van der Waals surface area contributed by atoms with Crippen molar-refractivity contribution in [3.05, 3.63) is 23.8 Å². The zero-order valence-corrected chi connectivity index (χ0v) is 12.7. The summed E-state index contributed by atoms with van der Waals surface area (Å²) in [5.41, 5.74) is 1.16. The number of phenols is 1. The standard InChI is InChI=1S/C17H27NO2/c1-3-20-17-10-15(8-9-16(17)19)12-18-11-14-6-4-13(2)5-7-14/h8-10,13-14,18-19H,3-7,11-12H2,1-2H3. The molecule has 1 aromatic rings. The van der Waals surface area contributed by atoms with Crippen LogP contribution in [0.1, 0.15) is 45.1 Å². The highest BCUT2D eigenvalue weighted by molar-refractivity contribution is 5.41. The van der Waals surface area contributed by atoms with E-state index in [4.69, 9.17) is 4.74 Å². The maximum Gasteiger partial charge on any atom is 0.161 e. The van der Waals surface area contributed by atoms with E-state index >= 15 is 0 Å². The SMILES string of the molecule is CCOc1cc(CNCC2CCC(C)CC2)ccc1O. The molecule has 0 atom stereocenters. The van der Waals surface area contributed by atoms with Gasteiger partial charge < -0.3 is 15.2 Å². The number of phenolic OH excluding ortho intramolecular Hbond substituents is 1. The van der Waals surface area contributed by atoms with Gasteiger partial charge in [0.1, 0.15) is 0 Å². The molecule has 3 nitrogen and oxygen atoms in total. The summed E-state index contributed by atoms with van der Waals surface area (Å²) >= 11 is 0. The molecular formula is C17H27NO2. The number of nitrogens with one attached hydrogen (secondary N) is 1. The quantitative estimate of drug-likeness (QED) is 0.833. The minimum Gasteiger partial charge on any atom is -0.504 e. The van der Waals surface area contributed by atoms with Gasteiger partial charge in [-0.1, -0.05) is 25.8 Å². The van der Waals surface area contributed by atoms with Crippen molar-refractivity contribution >= 4 is 0 Å². The van der Waals surface area contributed by atoms with Gasteiger partial charge in [-0.25, -0.2) is 0 Å². The van der Waals surface area contributed by atoms with Crippen LogP contribution in [0.2, 0.25) is 0 Å². The van der Waals surface area contributed by atoms with Gasteiger partial charge in [0, 0.05) is 6.54 Å². The Kier molecular flexibility index (Phi) is 5.72. The average Bonchev–Trinajstić information content (AvgIpc) is 2.45. The van der Waals surface area contributed by atoms with Crippen molar-refractivity contribution in [2.75, 3.05) is 13.2 Å². The van der Waals surface area contributed by atoms with Gasteiger partial charge in [0.15, 0.2) is 11.5 Å². The Balaban J connectivity index is 1.77. The van der Waals surface area contributed by atoms with Gasteiger partial charge in [0.05, 0.1) is 6.61 Å². The Morgan fingerprint density at radius 3 is 2.70 bits per heavy atom. The van der Waals surface area contributed by atoms with Crippen molar-refractivity contribution in [2.24, 2.45) is 11.8 Å². The Bertz CT molecular complexity index is 411. The minimum absolute atomic E-state index is 0.219. The van der Waals surface area contributed by atoms with E-state index in [-0.39, 0.29) is 5.75 Å². The molecule has 20 heavy (non-hydrogen) atoms. The Morgan fingerprint density at radius 2 is 2.00 bits per heavy atom. The lowest BCUT2D eigenvalue weighted by atomic mass is 9.83. The van der Waals surface area contributed by atoms with Gasteiger partial charge in [-0.05, 0) is 55.8 Å². The van der Waals surface area contributed by atoms with Gasteiger partial charge >= 0.3 is 0 Å². The number of aromatic hydroxyl groups is 1. The first-order valence-corrected chi connectivity index (χ1v) is 7.84. The van der Waals surface area contributed by atoms with Crippen LogP contribution in [0.4, 0.5) is 0 Å². The third-order valence-electron chi connectivity index (χ3n) is 4.22. The molecule has 1 aliphatic rings. The molecule has 1 saturated carbocycles. The van der Waals surface area contributed by atoms with E-state index in [1.807, 2.05) is 19.1 Å². The van der Waals surface area contributed by atoms with E-state index in [9.17, 15) is 5.11 Å². The van der Waals surface area contributed by atoms with Crippen molar-refractivity contribution in [3.8, 4) is 11.5 Å². The molecule has 2 N–H and O–H groups in total. The molecular weight excluding hydrogens is 250 g/mol. The van der Waals surface area contributed by atoms with Crippen LogP contribution in [0.15, 0.2) is 18.2 Å². The van der Waals surface area contributed by atoms with E-state index in [2.05, 4.69) is 12.2 Å². The zero-order chi connectivity index (χ0) is 14.4. The third kappa shape index (κ3) is 4.41. The fraction of sp³-hybridized carbons (Fsp3) is 0.647. The summed E-state index contributed by atoms with van der Waals surface area (Å²) in [7, 11) is 0. The summed E-state index contributed by atoms with van der Waals surface area (Å²) in [5.74, 6) is 2.54. The van der Waals surface area contributed by atoms with Crippen molar-refractivity contribution in [1.29, 1.82) is 0 Å². The fourth-order valence-electron chi connectivity index (χ4n) is 2.89. The first-order valence-electron chi connectivity index (χ1n) is 7.84. The normalized spacial score (nSPS) is 22.7. The van der Waals surface area contributed by atoms with Crippen molar-refractivity contribution in [1.82, 2.24) is 5.32 Å². The Morgan fingerprint density at radius 1 is 1.25 bits per heavy atom. The predicted molar refractivity (Wildman–Crippen MR) is 82.1 cm³/mol. The van der Waals surface area contributed by atoms with Crippen LogP contribution in [0.3, 0.4) is 0 Å². The molecule has 0 saturated heterocycles. The van der Waals surface area contributed by atoms with Crippen molar-refractivity contribution < 1.29 is 9.84 Å². The van der Waals surface area contributed by atoms with E-state index < -0.39 is 0 Å². The van der Waals surface area contributed by atoms with Crippen LogP contribution in [0, 0.1) is 11.8 Å². The summed E-state index contributed by atoms with van der Waals surface area (Å²) < 4.78 is 5.41. The Labute approximate surface area is 122 Å². The van der Waals surface area contributed by atoms with Crippen LogP contribution in [0.5, 0.6) is 11.5 Å². The maximum atomic E-state index is 9.67. The van der Waals surface area contributed by atoms with Gasteiger partial charge in [-0.3, -0.25) is 0 Å². The molecule has 0 unspecified atom stereocenters. The van der Waals surface area contributed by atoms with Crippen molar-refractivity contribution in [2.45, 2.75) is 46.1 Å².